The van der Waals surface area contributed by atoms with Gasteiger partial charge in [-0.3, -0.25) is 9.52 Å². The van der Waals surface area contributed by atoms with Crippen LogP contribution in [0.2, 0.25) is 0 Å². The molecule has 1 aromatic rings. The van der Waals surface area contributed by atoms with Gasteiger partial charge in [0.25, 0.3) is 5.91 Å². The number of benzene rings is 1. The Bertz CT molecular complexity index is 564. The summed E-state index contributed by atoms with van der Waals surface area (Å²) >= 11 is 0. The minimum atomic E-state index is -3.41. The Morgan fingerprint density at radius 2 is 1.86 bits per heavy atom. The van der Waals surface area contributed by atoms with Gasteiger partial charge in [0.15, 0.2) is 0 Å². The van der Waals surface area contributed by atoms with Crippen LogP contribution in [0.5, 0.6) is 0 Å². The molecule has 126 valence electrons. The van der Waals surface area contributed by atoms with Crippen molar-refractivity contribution in [2.24, 2.45) is 0 Å². The summed E-state index contributed by atoms with van der Waals surface area (Å²) in [4.78, 5) is 12.1. The normalized spacial score (nSPS) is 10.6. The number of para-hydroxylation sites is 1. The quantitative estimate of drug-likeness (QED) is 0.591. The lowest BCUT2D eigenvalue weighted by Crippen LogP contribution is -2.28. The molecule has 0 unspecified atom stereocenters. The third-order valence-electron chi connectivity index (χ3n) is 2.80. The molecule has 1 rings (SSSR count). The van der Waals surface area contributed by atoms with Crippen molar-refractivity contribution in [2.75, 3.05) is 30.6 Å². The third-order valence-corrected chi connectivity index (χ3v) is 4.28. The Kier molecular flexibility index (Phi) is 9.80. The molecule has 3 N–H and O–H groups in total. The minimum absolute atomic E-state index is 0. The molecule has 0 fully saturated rings. The zero-order valence-electron chi connectivity index (χ0n) is 12.9. The van der Waals surface area contributed by atoms with E-state index < -0.39 is 10.0 Å². The lowest BCUT2D eigenvalue weighted by atomic mass is 10.1. The van der Waals surface area contributed by atoms with Gasteiger partial charge in [0.05, 0.1) is 17.0 Å². The SMILES string of the molecule is CCCS(=O)(=O)Nc1ccccc1C(=O)NCCCNC.Cl. The molecule has 0 atom stereocenters. The minimum Gasteiger partial charge on any atom is -0.352 e. The fourth-order valence-electron chi connectivity index (χ4n) is 1.82. The van der Waals surface area contributed by atoms with Crippen LogP contribution in [0.3, 0.4) is 0 Å². The van der Waals surface area contributed by atoms with Crippen LogP contribution in [0.15, 0.2) is 24.3 Å². The molecule has 0 aliphatic rings. The van der Waals surface area contributed by atoms with E-state index in [9.17, 15) is 13.2 Å². The van der Waals surface area contributed by atoms with Crippen LogP contribution in [0.25, 0.3) is 0 Å². The highest BCUT2D eigenvalue weighted by Crippen LogP contribution is 2.16. The molecule has 0 bridgehead atoms. The number of rotatable bonds is 9. The molecule has 8 heteroatoms. The summed E-state index contributed by atoms with van der Waals surface area (Å²) in [5.41, 5.74) is 0.652. The topological polar surface area (TPSA) is 87.3 Å². The van der Waals surface area contributed by atoms with Gasteiger partial charge in [-0.05, 0) is 38.6 Å². The summed E-state index contributed by atoms with van der Waals surface area (Å²) in [6.07, 6.45) is 1.33. The van der Waals surface area contributed by atoms with Crippen molar-refractivity contribution in [1.29, 1.82) is 0 Å². The zero-order valence-corrected chi connectivity index (χ0v) is 14.5. The van der Waals surface area contributed by atoms with Gasteiger partial charge in [0.2, 0.25) is 10.0 Å². The van der Waals surface area contributed by atoms with Crippen molar-refractivity contribution in [1.82, 2.24) is 10.6 Å². The van der Waals surface area contributed by atoms with Crippen molar-refractivity contribution in [3.63, 3.8) is 0 Å². The van der Waals surface area contributed by atoms with E-state index in [0.717, 1.165) is 13.0 Å². The number of halogens is 1. The summed E-state index contributed by atoms with van der Waals surface area (Å²) in [7, 11) is -1.56. The molecule has 1 amide bonds. The van der Waals surface area contributed by atoms with E-state index in [-0.39, 0.29) is 24.1 Å². The first-order valence-corrected chi connectivity index (χ1v) is 8.67. The Labute approximate surface area is 138 Å². The highest BCUT2D eigenvalue weighted by molar-refractivity contribution is 7.92. The standard InChI is InChI=1S/C14H23N3O3S.ClH/c1-3-11-21(19,20)17-13-8-5-4-7-12(13)14(18)16-10-6-9-15-2;/h4-5,7-8,15,17H,3,6,9-11H2,1-2H3,(H,16,18);1H. The Hall–Kier alpha value is -1.31. The predicted octanol–water partition coefficient (Wildman–Crippen LogP) is 1.60. The molecule has 22 heavy (non-hydrogen) atoms. The van der Waals surface area contributed by atoms with Gasteiger partial charge in [-0.2, -0.15) is 0 Å². The van der Waals surface area contributed by atoms with Crippen LogP contribution in [-0.2, 0) is 10.0 Å². The number of carbonyl (C=O) groups is 1. The molecule has 0 saturated heterocycles. The van der Waals surface area contributed by atoms with Crippen LogP contribution in [0.4, 0.5) is 5.69 Å². The van der Waals surface area contributed by atoms with Crippen molar-refractivity contribution in [3.05, 3.63) is 29.8 Å². The molecule has 0 spiro atoms. The average Bonchev–Trinajstić information content (AvgIpc) is 2.43. The summed E-state index contributed by atoms with van der Waals surface area (Å²) in [6, 6.07) is 6.61. The number of carbonyl (C=O) groups excluding carboxylic acids is 1. The van der Waals surface area contributed by atoms with Crippen LogP contribution >= 0.6 is 12.4 Å². The monoisotopic (exact) mass is 349 g/mol. The van der Waals surface area contributed by atoms with Crippen molar-refractivity contribution < 1.29 is 13.2 Å². The first kappa shape index (κ1) is 20.7. The fraction of sp³-hybridized carbons (Fsp3) is 0.500. The third kappa shape index (κ3) is 7.11. The van der Waals surface area contributed by atoms with E-state index in [4.69, 9.17) is 0 Å². The number of anilines is 1. The number of nitrogens with one attached hydrogen (secondary N) is 3. The lowest BCUT2D eigenvalue weighted by Gasteiger charge is -2.12. The van der Waals surface area contributed by atoms with Crippen molar-refractivity contribution in [3.8, 4) is 0 Å². The Balaban J connectivity index is 0.00000441. The smallest absolute Gasteiger partial charge is 0.253 e. The zero-order chi connectivity index (χ0) is 15.7. The van der Waals surface area contributed by atoms with Gasteiger partial charge in [-0.25, -0.2) is 8.42 Å². The van der Waals surface area contributed by atoms with Gasteiger partial charge in [-0.1, -0.05) is 19.1 Å². The highest BCUT2D eigenvalue weighted by Gasteiger charge is 2.15. The second-order valence-corrected chi connectivity index (χ2v) is 6.52. The maximum Gasteiger partial charge on any atom is 0.253 e. The predicted molar refractivity (Wildman–Crippen MR) is 92.3 cm³/mol. The van der Waals surface area contributed by atoms with E-state index in [2.05, 4.69) is 15.4 Å². The molecule has 0 aliphatic carbocycles. The van der Waals surface area contributed by atoms with Crippen LogP contribution in [0, 0.1) is 0 Å². The summed E-state index contributed by atoms with van der Waals surface area (Å²) in [6.45, 7) is 3.14. The molecule has 6 nitrogen and oxygen atoms in total. The number of sulfonamides is 1. The molecular formula is C14H24ClN3O3S. The van der Waals surface area contributed by atoms with E-state index in [1.807, 2.05) is 7.05 Å². The van der Waals surface area contributed by atoms with Crippen LogP contribution < -0.4 is 15.4 Å². The molecule has 0 heterocycles. The van der Waals surface area contributed by atoms with Gasteiger partial charge in [0, 0.05) is 6.54 Å². The first-order chi connectivity index (χ1) is 10.00. The lowest BCUT2D eigenvalue weighted by molar-refractivity contribution is 0.0954. The average molecular weight is 350 g/mol. The van der Waals surface area contributed by atoms with Gasteiger partial charge < -0.3 is 10.6 Å². The van der Waals surface area contributed by atoms with Gasteiger partial charge >= 0.3 is 0 Å². The highest BCUT2D eigenvalue weighted by atomic mass is 35.5. The van der Waals surface area contributed by atoms with E-state index >= 15 is 0 Å². The fourth-order valence-corrected chi connectivity index (χ4v) is 2.97. The van der Waals surface area contributed by atoms with Gasteiger partial charge in [0.1, 0.15) is 0 Å². The maximum absolute atomic E-state index is 12.1. The Morgan fingerprint density at radius 3 is 2.50 bits per heavy atom. The van der Waals surface area contributed by atoms with Crippen LogP contribution in [-0.4, -0.2) is 40.2 Å². The molecular weight excluding hydrogens is 326 g/mol. The molecule has 0 aliphatic heterocycles. The maximum atomic E-state index is 12.1. The number of hydrogen-bond donors (Lipinski definition) is 3. The summed E-state index contributed by atoms with van der Waals surface area (Å²) in [5, 5.41) is 5.77. The molecule has 0 radical (unpaired) electrons. The van der Waals surface area contributed by atoms with E-state index in [0.29, 0.717) is 24.2 Å². The van der Waals surface area contributed by atoms with E-state index in [1.165, 1.54) is 0 Å². The Morgan fingerprint density at radius 1 is 1.18 bits per heavy atom. The summed E-state index contributed by atoms with van der Waals surface area (Å²) in [5.74, 6) is -0.244. The second-order valence-electron chi connectivity index (χ2n) is 4.68. The number of amides is 1. The number of hydrogen-bond acceptors (Lipinski definition) is 4. The summed E-state index contributed by atoms with van der Waals surface area (Å²) < 4.78 is 26.1. The van der Waals surface area contributed by atoms with Crippen LogP contribution in [0.1, 0.15) is 30.1 Å². The van der Waals surface area contributed by atoms with E-state index in [1.54, 1.807) is 31.2 Å². The molecule has 1 aromatic carbocycles. The second kappa shape index (κ2) is 10.4. The van der Waals surface area contributed by atoms with Crippen molar-refractivity contribution in [2.45, 2.75) is 19.8 Å². The first-order valence-electron chi connectivity index (χ1n) is 7.02. The van der Waals surface area contributed by atoms with Crippen molar-refractivity contribution >= 4 is 34.0 Å². The van der Waals surface area contributed by atoms with Gasteiger partial charge in [-0.15, -0.1) is 12.4 Å². The molecule has 0 aromatic heterocycles. The largest absolute Gasteiger partial charge is 0.352 e. The molecule has 0 saturated carbocycles.